The molecule has 21 heavy (non-hydrogen) atoms. The highest BCUT2D eigenvalue weighted by Gasteiger charge is 2.12. The van der Waals surface area contributed by atoms with E-state index in [9.17, 15) is 9.59 Å². The zero-order chi connectivity index (χ0) is 15.7. The van der Waals surface area contributed by atoms with Crippen molar-refractivity contribution in [1.29, 1.82) is 5.26 Å². The van der Waals surface area contributed by atoms with E-state index in [-0.39, 0.29) is 31.4 Å². The summed E-state index contributed by atoms with van der Waals surface area (Å²) in [6.07, 6.45) is 0.160. The standard InChI is InChI=1S/C15H18N2O4/c1-3-20-15(19)8-9-17(2)14(18)11-21-13-6-4-12(10-16)5-7-13/h4-7H,3,8-9,11H2,1-2H3. The molecule has 0 aliphatic heterocycles. The topological polar surface area (TPSA) is 79.6 Å². The highest BCUT2D eigenvalue weighted by molar-refractivity contribution is 5.78. The molecule has 0 unspecified atom stereocenters. The number of hydrogen-bond acceptors (Lipinski definition) is 5. The maximum Gasteiger partial charge on any atom is 0.307 e. The van der Waals surface area contributed by atoms with E-state index in [0.717, 1.165) is 0 Å². The van der Waals surface area contributed by atoms with Gasteiger partial charge in [-0.1, -0.05) is 0 Å². The lowest BCUT2D eigenvalue weighted by molar-refractivity contribution is -0.144. The quantitative estimate of drug-likeness (QED) is 0.708. The number of likely N-dealkylation sites (N-methyl/N-ethyl adjacent to an activating group) is 1. The molecule has 6 nitrogen and oxygen atoms in total. The second kappa shape index (κ2) is 8.59. The number of nitrogens with zero attached hydrogens (tertiary/aromatic N) is 2. The van der Waals surface area contributed by atoms with Crippen molar-refractivity contribution < 1.29 is 19.1 Å². The Kier molecular flexibility index (Phi) is 6.75. The summed E-state index contributed by atoms with van der Waals surface area (Å²) in [4.78, 5) is 24.4. The number of ether oxygens (including phenoxy) is 2. The van der Waals surface area contributed by atoms with Crippen molar-refractivity contribution in [2.24, 2.45) is 0 Å². The van der Waals surface area contributed by atoms with Gasteiger partial charge in [0.25, 0.3) is 5.91 Å². The van der Waals surface area contributed by atoms with Crippen LogP contribution in [0.4, 0.5) is 0 Å². The average Bonchev–Trinajstić information content (AvgIpc) is 2.51. The maximum absolute atomic E-state index is 11.8. The van der Waals surface area contributed by atoms with E-state index in [2.05, 4.69) is 0 Å². The zero-order valence-electron chi connectivity index (χ0n) is 12.2. The molecule has 6 heteroatoms. The third-order valence-electron chi connectivity index (χ3n) is 2.73. The molecule has 0 atom stereocenters. The molecule has 1 aromatic rings. The van der Waals surface area contributed by atoms with Gasteiger partial charge in [0.15, 0.2) is 6.61 Å². The van der Waals surface area contributed by atoms with Gasteiger partial charge in [0, 0.05) is 13.6 Å². The zero-order valence-corrected chi connectivity index (χ0v) is 12.2. The van der Waals surface area contributed by atoms with Crippen LogP contribution < -0.4 is 4.74 Å². The fraction of sp³-hybridized carbons (Fsp3) is 0.400. The first kappa shape index (κ1) is 16.5. The normalized spacial score (nSPS) is 9.57. The molecule has 1 amide bonds. The molecule has 0 radical (unpaired) electrons. The van der Waals surface area contributed by atoms with Crippen LogP contribution in [0.25, 0.3) is 0 Å². The average molecular weight is 290 g/mol. The molecule has 0 bridgehead atoms. The highest BCUT2D eigenvalue weighted by atomic mass is 16.5. The lowest BCUT2D eigenvalue weighted by atomic mass is 10.2. The van der Waals surface area contributed by atoms with Crippen LogP contribution in [0, 0.1) is 11.3 Å². The van der Waals surface area contributed by atoms with Crippen LogP contribution in [0.3, 0.4) is 0 Å². The minimum atomic E-state index is -0.329. The number of rotatable bonds is 7. The van der Waals surface area contributed by atoms with Gasteiger partial charge in [-0.25, -0.2) is 0 Å². The molecule has 0 heterocycles. The van der Waals surface area contributed by atoms with Crippen molar-refractivity contribution in [1.82, 2.24) is 4.90 Å². The van der Waals surface area contributed by atoms with Crippen molar-refractivity contribution in [3.63, 3.8) is 0 Å². The molecular weight excluding hydrogens is 272 g/mol. The van der Waals surface area contributed by atoms with Gasteiger partial charge in [0.05, 0.1) is 24.7 Å². The number of nitriles is 1. The molecule has 0 saturated heterocycles. The van der Waals surface area contributed by atoms with E-state index in [4.69, 9.17) is 14.7 Å². The van der Waals surface area contributed by atoms with Crippen molar-refractivity contribution in [2.45, 2.75) is 13.3 Å². The molecule has 0 aromatic heterocycles. The molecule has 112 valence electrons. The van der Waals surface area contributed by atoms with E-state index < -0.39 is 0 Å². The molecule has 0 fully saturated rings. The van der Waals surface area contributed by atoms with Crippen molar-refractivity contribution >= 4 is 11.9 Å². The van der Waals surface area contributed by atoms with Crippen LogP contribution in [0.15, 0.2) is 24.3 Å². The maximum atomic E-state index is 11.8. The van der Waals surface area contributed by atoms with E-state index >= 15 is 0 Å². The third kappa shape index (κ3) is 5.95. The second-order valence-electron chi connectivity index (χ2n) is 4.30. The number of hydrogen-bond donors (Lipinski definition) is 0. The van der Waals surface area contributed by atoms with Crippen molar-refractivity contribution in [2.75, 3.05) is 26.8 Å². The Balaban J connectivity index is 2.35. The van der Waals surface area contributed by atoms with Crippen LogP contribution in [0.2, 0.25) is 0 Å². The number of esters is 1. The monoisotopic (exact) mass is 290 g/mol. The predicted molar refractivity (Wildman–Crippen MR) is 75.5 cm³/mol. The Labute approximate surface area is 123 Å². The number of carbonyl (C=O) groups is 2. The summed E-state index contributed by atoms with van der Waals surface area (Å²) in [6.45, 7) is 2.23. The van der Waals surface area contributed by atoms with Gasteiger partial charge in [0.1, 0.15) is 5.75 Å². The second-order valence-corrected chi connectivity index (χ2v) is 4.30. The molecule has 0 aliphatic carbocycles. The Morgan fingerprint density at radius 3 is 2.52 bits per heavy atom. The van der Waals surface area contributed by atoms with Crippen LogP contribution >= 0.6 is 0 Å². The van der Waals surface area contributed by atoms with Crippen molar-refractivity contribution in [3.8, 4) is 11.8 Å². The Morgan fingerprint density at radius 2 is 1.95 bits per heavy atom. The van der Waals surface area contributed by atoms with Gasteiger partial charge in [-0.3, -0.25) is 9.59 Å². The fourth-order valence-corrected chi connectivity index (χ4v) is 1.50. The summed E-state index contributed by atoms with van der Waals surface area (Å²) in [7, 11) is 1.60. The van der Waals surface area contributed by atoms with Crippen LogP contribution in [-0.4, -0.2) is 43.6 Å². The van der Waals surface area contributed by atoms with Gasteiger partial charge >= 0.3 is 5.97 Å². The summed E-state index contributed by atoms with van der Waals surface area (Å²) in [5, 5.41) is 8.67. The van der Waals surface area contributed by atoms with Gasteiger partial charge < -0.3 is 14.4 Å². The van der Waals surface area contributed by atoms with Gasteiger partial charge in [-0.15, -0.1) is 0 Å². The van der Waals surface area contributed by atoms with Crippen LogP contribution in [0.1, 0.15) is 18.9 Å². The van der Waals surface area contributed by atoms with Crippen LogP contribution in [-0.2, 0) is 14.3 Å². The summed E-state index contributed by atoms with van der Waals surface area (Å²) in [5.74, 6) is -0.0463. The number of carbonyl (C=O) groups excluding carboxylic acids is 2. The molecule has 0 aliphatic rings. The SMILES string of the molecule is CCOC(=O)CCN(C)C(=O)COc1ccc(C#N)cc1. The Hall–Kier alpha value is -2.55. The van der Waals surface area contributed by atoms with Gasteiger partial charge in [-0.05, 0) is 31.2 Å². The molecule has 0 spiro atoms. The molecule has 1 aromatic carbocycles. The van der Waals surface area contributed by atoms with E-state index in [0.29, 0.717) is 17.9 Å². The third-order valence-corrected chi connectivity index (χ3v) is 2.73. The van der Waals surface area contributed by atoms with E-state index in [1.165, 1.54) is 4.90 Å². The first-order valence-corrected chi connectivity index (χ1v) is 6.59. The number of benzene rings is 1. The first-order chi connectivity index (χ1) is 10.1. The number of amides is 1. The summed E-state index contributed by atoms with van der Waals surface area (Å²) < 4.78 is 10.1. The van der Waals surface area contributed by atoms with Gasteiger partial charge in [0.2, 0.25) is 0 Å². The smallest absolute Gasteiger partial charge is 0.307 e. The molecule has 0 N–H and O–H groups in total. The predicted octanol–water partition coefficient (Wildman–Crippen LogP) is 1.35. The minimum Gasteiger partial charge on any atom is -0.484 e. The summed E-state index contributed by atoms with van der Waals surface area (Å²) in [6, 6.07) is 8.49. The Bertz CT molecular complexity index is 519. The first-order valence-electron chi connectivity index (χ1n) is 6.59. The summed E-state index contributed by atoms with van der Waals surface area (Å²) in [5.41, 5.74) is 0.528. The van der Waals surface area contributed by atoms with Crippen LogP contribution in [0.5, 0.6) is 5.75 Å². The largest absolute Gasteiger partial charge is 0.484 e. The Morgan fingerprint density at radius 1 is 1.29 bits per heavy atom. The van der Waals surface area contributed by atoms with Crippen molar-refractivity contribution in [3.05, 3.63) is 29.8 Å². The van der Waals surface area contributed by atoms with Gasteiger partial charge in [-0.2, -0.15) is 5.26 Å². The lowest BCUT2D eigenvalue weighted by Gasteiger charge is -2.16. The fourth-order valence-electron chi connectivity index (χ4n) is 1.50. The molecule has 0 saturated carbocycles. The van der Waals surface area contributed by atoms with E-state index in [1.807, 2.05) is 6.07 Å². The molecular formula is C15H18N2O4. The minimum absolute atomic E-state index is 0.120. The lowest BCUT2D eigenvalue weighted by Crippen LogP contribution is -2.33. The summed E-state index contributed by atoms with van der Waals surface area (Å²) >= 11 is 0. The molecule has 1 rings (SSSR count). The highest BCUT2D eigenvalue weighted by Crippen LogP contribution is 2.11. The van der Waals surface area contributed by atoms with E-state index in [1.54, 1.807) is 38.2 Å².